The molecule has 2 aromatic rings. The molecule has 0 saturated carbocycles. The minimum absolute atomic E-state index is 0.0473. The second-order valence-corrected chi connectivity index (χ2v) is 6.63. The number of para-hydroxylation sites is 1. The first-order chi connectivity index (χ1) is 9.83. The van der Waals surface area contributed by atoms with Crippen LogP contribution < -0.4 is 5.73 Å². The van der Waals surface area contributed by atoms with Crippen molar-refractivity contribution in [1.82, 2.24) is 4.57 Å². The lowest BCUT2D eigenvalue weighted by Crippen LogP contribution is -2.31. The smallest absolute Gasteiger partial charge is 0.221 e. The number of nitrogens with zero attached hydrogens (tertiary/aromatic N) is 3. The molecule has 0 radical (unpaired) electrons. The van der Waals surface area contributed by atoms with Crippen molar-refractivity contribution in [2.75, 3.05) is 0 Å². The lowest BCUT2D eigenvalue weighted by atomic mass is 9.82. The number of aromatic nitrogens is 1. The molecule has 1 atom stereocenters. The summed E-state index contributed by atoms with van der Waals surface area (Å²) in [5, 5.41) is 19.2. The molecule has 1 aliphatic heterocycles. The molecule has 6 heteroatoms. The molecule has 3 N–H and O–H groups in total. The van der Waals surface area contributed by atoms with Gasteiger partial charge < -0.3 is 15.4 Å². The molecule has 3 rings (SSSR count). The summed E-state index contributed by atoms with van der Waals surface area (Å²) in [4.78, 5) is 0. The first-order valence-corrected chi connectivity index (χ1v) is 7.31. The van der Waals surface area contributed by atoms with E-state index in [1.165, 1.54) is 5.56 Å². The third-order valence-corrected chi connectivity index (χ3v) is 4.24. The minimum atomic E-state index is -0.187. The van der Waals surface area contributed by atoms with Crippen molar-refractivity contribution in [1.29, 1.82) is 0 Å². The Morgan fingerprint density at radius 3 is 2.86 bits per heavy atom. The number of hydrogen-bond acceptors (Lipinski definition) is 3. The van der Waals surface area contributed by atoms with Crippen molar-refractivity contribution in [3.8, 4) is 5.88 Å². The van der Waals surface area contributed by atoms with Crippen molar-refractivity contribution in [3.63, 3.8) is 0 Å². The third kappa shape index (κ3) is 2.01. The zero-order chi connectivity index (χ0) is 15.4. The molecule has 1 aliphatic rings. The summed E-state index contributed by atoms with van der Waals surface area (Å²) < 4.78 is 1.95. The summed E-state index contributed by atoms with van der Waals surface area (Å²) >= 11 is 4.73. The van der Waals surface area contributed by atoms with Crippen LogP contribution >= 0.6 is 12.2 Å². The van der Waals surface area contributed by atoms with E-state index in [1.54, 1.807) is 0 Å². The number of benzene rings is 1. The molecule has 21 heavy (non-hydrogen) atoms. The van der Waals surface area contributed by atoms with E-state index in [4.69, 9.17) is 18.0 Å². The van der Waals surface area contributed by atoms with Crippen LogP contribution in [0.5, 0.6) is 5.88 Å². The van der Waals surface area contributed by atoms with Gasteiger partial charge in [-0.2, -0.15) is 0 Å². The Bertz CT molecular complexity index is 776. The van der Waals surface area contributed by atoms with Gasteiger partial charge in [0, 0.05) is 10.9 Å². The monoisotopic (exact) mass is 302 g/mol. The van der Waals surface area contributed by atoms with E-state index in [1.807, 2.05) is 16.7 Å². The maximum Gasteiger partial charge on any atom is 0.221 e. The number of aromatic hydroxyl groups is 1. The molecule has 110 valence electrons. The van der Waals surface area contributed by atoms with Crippen LogP contribution in [0.15, 0.2) is 28.4 Å². The molecule has 0 fully saturated rings. The molecular weight excluding hydrogens is 284 g/mol. The first kappa shape index (κ1) is 14.0. The van der Waals surface area contributed by atoms with Crippen LogP contribution in [0, 0.1) is 0 Å². The second kappa shape index (κ2) is 4.53. The molecular formula is C15H18N4OS. The Kier molecular flexibility index (Phi) is 3.02. The van der Waals surface area contributed by atoms with Crippen LogP contribution in [0.1, 0.15) is 38.7 Å². The van der Waals surface area contributed by atoms with Crippen molar-refractivity contribution in [2.24, 2.45) is 16.0 Å². The number of nitrogens with two attached hydrogens (primary N) is 1. The maximum atomic E-state index is 10.6. The summed E-state index contributed by atoms with van der Waals surface area (Å²) in [6.45, 7) is 6.44. The largest absolute Gasteiger partial charge is 0.493 e. The van der Waals surface area contributed by atoms with Crippen LogP contribution in [-0.2, 0) is 5.54 Å². The molecule has 1 aromatic carbocycles. The average molecular weight is 302 g/mol. The molecule has 0 spiro atoms. The molecule has 0 saturated heterocycles. The summed E-state index contributed by atoms with van der Waals surface area (Å²) in [7, 11) is 0. The summed E-state index contributed by atoms with van der Waals surface area (Å²) in [5.41, 5.74) is 7.86. The van der Waals surface area contributed by atoms with Crippen LogP contribution in [-0.4, -0.2) is 14.8 Å². The summed E-state index contributed by atoms with van der Waals surface area (Å²) in [6.07, 6.45) is 0.952. The zero-order valence-corrected chi connectivity index (χ0v) is 13.1. The topological polar surface area (TPSA) is 75.9 Å². The van der Waals surface area contributed by atoms with Gasteiger partial charge in [0.25, 0.3) is 0 Å². The van der Waals surface area contributed by atoms with Gasteiger partial charge in [0.1, 0.15) is 0 Å². The normalized spacial score (nSPS) is 20.2. The highest BCUT2D eigenvalue weighted by Crippen LogP contribution is 2.50. The third-order valence-electron chi connectivity index (χ3n) is 4.16. The van der Waals surface area contributed by atoms with E-state index >= 15 is 0 Å². The van der Waals surface area contributed by atoms with E-state index in [0.29, 0.717) is 11.6 Å². The Morgan fingerprint density at radius 2 is 2.19 bits per heavy atom. The van der Waals surface area contributed by atoms with Gasteiger partial charge in [-0.15, -0.1) is 10.2 Å². The van der Waals surface area contributed by atoms with Gasteiger partial charge in [0.15, 0.2) is 5.69 Å². The van der Waals surface area contributed by atoms with Gasteiger partial charge in [-0.25, -0.2) is 0 Å². The quantitative estimate of drug-likeness (QED) is 0.619. The van der Waals surface area contributed by atoms with Gasteiger partial charge >= 0.3 is 0 Å². The summed E-state index contributed by atoms with van der Waals surface area (Å²) in [6, 6.07) is 6.03. The van der Waals surface area contributed by atoms with Gasteiger partial charge in [0.2, 0.25) is 11.0 Å². The second-order valence-electron chi connectivity index (χ2n) is 6.21. The number of rotatable bonds is 1. The first-order valence-electron chi connectivity index (χ1n) is 6.91. The summed E-state index contributed by atoms with van der Waals surface area (Å²) in [5.74, 6) is 0.542. The van der Waals surface area contributed by atoms with Gasteiger partial charge in [-0.3, -0.25) is 0 Å². The fraction of sp³-hybridized carbons (Fsp3) is 0.400. The molecule has 0 amide bonds. The molecule has 1 unspecified atom stereocenters. The maximum absolute atomic E-state index is 10.6. The fourth-order valence-electron chi connectivity index (χ4n) is 3.47. The van der Waals surface area contributed by atoms with E-state index < -0.39 is 0 Å². The number of thiocarbonyl (C=S) groups is 1. The number of azo groups is 1. The van der Waals surface area contributed by atoms with Crippen molar-refractivity contribution in [3.05, 3.63) is 23.8 Å². The highest BCUT2D eigenvalue weighted by Gasteiger charge is 2.36. The lowest BCUT2D eigenvalue weighted by Gasteiger charge is -2.36. The fourth-order valence-corrected chi connectivity index (χ4v) is 3.51. The molecule has 0 bridgehead atoms. The molecule has 0 aliphatic carbocycles. The predicted octanol–water partition coefficient (Wildman–Crippen LogP) is 3.92. The van der Waals surface area contributed by atoms with Crippen molar-refractivity contribution < 1.29 is 5.11 Å². The van der Waals surface area contributed by atoms with E-state index in [9.17, 15) is 5.11 Å². The molecule has 1 aromatic heterocycles. The predicted molar refractivity (Wildman–Crippen MR) is 87.3 cm³/mol. The van der Waals surface area contributed by atoms with E-state index in [0.717, 1.165) is 17.3 Å². The SMILES string of the molecule is CC1CC(C)(C)n2c(O)c(N=NC(N)=S)c3cccc1c32. The van der Waals surface area contributed by atoms with Crippen molar-refractivity contribution >= 4 is 33.9 Å². The van der Waals surface area contributed by atoms with Crippen LogP contribution in [0.4, 0.5) is 5.69 Å². The van der Waals surface area contributed by atoms with Crippen LogP contribution in [0.25, 0.3) is 10.9 Å². The van der Waals surface area contributed by atoms with Crippen LogP contribution in [0.3, 0.4) is 0 Å². The Balaban J connectivity index is 2.40. The van der Waals surface area contributed by atoms with Gasteiger partial charge in [-0.05, 0) is 44.0 Å². The molecule has 2 heterocycles. The van der Waals surface area contributed by atoms with Crippen molar-refractivity contribution in [2.45, 2.75) is 38.6 Å². The van der Waals surface area contributed by atoms with E-state index in [-0.39, 0.29) is 16.5 Å². The van der Waals surface area contributed by atoms with E-state index in [2.05, 4.69) is 37.1 Å². The van der Waals surface area contributed by atoms with Gasteiger partial charge in [-0.1, -0.05) is 25.1 Å². The Labute approximate surface area is 128 Å². The Morgan fingerprint density at radius 1 is 1.48 bits per heavy atom. The minimum Gasteiger partial charge on any atom is -0.493 e. The highest BCUT2D eigenvalue weighted by molar-refractivity contribution is 7.80. The van der Waals surface area contributed by atoms with Gasteiger partial charge in [0.05, 0.1) is 5.52 Å². The zero-order valence-electron chi connectivity index (χ0n) is 12.3. The van der Waals surface area contributed by atoms with Crippen LogP contribution in [0.2, 0.25) is 0 Å². The molecule has 5 nitrogen and oxygen atoms in total. The standard InChI is InChI=1S/C15H18N4OS/c1-8-7-15(2,3)19-12-9(8)5-4-6-10(12)11(13(19)20)17-18-14(16)21/h4-6,8,20H,7H2,1-3H3,(H2,16,21). The number of hydrogen-bond donors (Lipinski definition) is 2. The lowest BCUT2D eigenvalue weighted by molar-refractivity contribution is 0.267. The Hall–Kier alpha value is -1.95. The highest BCUT2D eigenvalue weighted by atomic mass is 32.1. The average Bonchev–Trinajstić information content (AvgIpc) is 2.67.